The second-order valence-electron chi connectivity index (χ2n) is 6.41. The van der Waals surface area contributed by atoms with Gasteiger partial charge in [0.1, 0.15) is 12.4 Å². The second kappa shape index (κ2) is 9.72. The molecule has 27 heavy (non-hydrogen) atoms. The van der Waals surface area contributed by atoms with Gasteiger partial charge in [0, 0.05) is 5.56 Å². The number of rotatable bonds is 9. The zero-order valence-electron chi connectivity index (χ0n) is 16.0. The smallest absolute Gasteiger partial charge is 0.232 e. The number of nitrogens with zero attached hydrogens (tertiary/aromatic N) is 2. The molecular weight excluding hydrogens is 336 g/mol. The molecule has 0 unspecified atom stereocenters. The average molecular weight is 362 g/mol. The first-order valence-corrected chi connectivity index (χ1v) is 9.54. The molecule has 0 aliphatic heterocycles. The van der Waals surface area contributed by atoms with Gasteiger partial charge in [0.2, 0.25) is 5.88 Å². The molecule has 0 aliphatic rings. The van der Waals surface area contributed by atoms with Crippen LogP contribution in [-0.2, 0) is 13.0 Å². The van der Waals surface area contributed by atoms with Gasteiger partial charge in [0.25, 0.3) is 0 Å². The van der Waals surface area contributed by atoms with Gasteiger partial charge in [0.15, 0.2) is 0 Å². The van der Waals surface area contributed by atoms with E-state index >= 15 is 0 Å². The maximum Gasteiger partial charge on any atom is 0.232 e. The molecule has 0 radical (unpaired) electrons. The summed E-state index contributed by atoms with van der Waals surface area (Å²) in [5.41, 5.74) is 4.32. The molecule has 2 aromatic carbocycles. The van der Waals surface area contributed by atoms with Crippen LogP contribution < -0.4 is 9.47 Å². The van der Waals surface area contributed by atoms with E-state index in [9.17, 15) is 0 Å². The van der Waals surface area contributed by atoms with E-state index < -0.39 is 0 Å². The second-order valence-corrected chi connectivity index (χ2v) is 6.41. The molecule has 0 bridgehead atoms. The Balaban J connectivity index is 1.55. The van der Waals surface area contributed by atoms with E-state index in [-0.39, 0.29) is 0 Å². The van der Waals surface area contributed by atoms with Gasteiger partial charge in [-0.15, -0.1) is 0 Å². The molecule has 0 aliphatic carbocycles. The molecular formula is C23H26N2O2. The van der Waals surface area contributed by atoms with Gasteiger partial charge in [-0.1, -0.05) is 37.6 Å². The molecule has 0 amide bonds. The highest BCUT2D eigenvalue weighted by Crippen LogP contribution is 2.21. The van der Waals surface area contributed by atoms with Crippen molar-refractivity contribution in [2.75, 3.05) is 6.61 Å². The molecule has 3 rings (SSSR count). The largest absolute Gasteiger partial charge is 0.494 e. The SMILES string of the molecule is CCCCc1ccc(COc2cnc(-c3ccc(OCC)cc3)cn2)cc1. The van der Waals surface area contributed by atoms with Gasteiger partial charge in [0.05, 0.1) is 24.7 Å². The molecule has 0 spiro atoms. The van der Waals surface area contributed by atoms with Crippen molar-refractivity contribution < 1.29 is 9.47 Å². The first-order valence-electron chi connectivity index (χ1n) is 9.54. The lowest BCUT2D eigenvalue weighted by molar-refractivity contribution is 0.292. The van der Waals surface area contributed by atoms with Crippen LogP contribution in [-0.4, -0.2) is 16.6 Å². The summed E-state index contributed by atoms with van der Waals surface area (Å²) in [5, 5.41) is 0. The monoisotopic (exact) mass is 362 g/mol. The summed E-state index contributed by atoms with van der Waals surface area (Å²) >= 11 is 0. The summed E-state index contributed by atoms with van der Waals surface area (Å²) in [7, 11) is 0. The van der Waals surface area contributed by atoms with Crippen LogP contribution in [0.1, 0.15) is 37.8 Å². The number of hydrogen-bond donors (Lipinski definition) is 0. The minimum absolute atomic E-state index is 0.491. The molecule has 0 N–H and O–H groups in total. The quantitative estimate of drug-likeness (QED) is 0.507. The van der Waals surface area contributed by atoms with Gasteiger partial charge in [-0.2, -0.15) is 0 Å². The van der Waals surface area contributed by atoms with Gasteiger partial charge >= 0.3 is 0 Å². The third-order valence-electron chi connectivity index (χ3n) is 4.32. The van der Waals surface area contributed by atoms with Crippen molar-refractivity contribution in [1.82, 2.24) is 9.97 Å². The average Bonchev–Trinajstić information content (AvgIpc) is 2.73. The molecule has 4 heteroatoms. The number of aryl methyl sites for hydroxylation is 1. The van der Waals surface area contributed by atoms with E-state index in [4.69, 9.17) is 9.47 Å². The van der Waals surface area contributed by atoms with Gasteiger partial charge < -0.3 is 9.47 Å². The highest BCUT2D eigenvalue weighted by Gasteiger charge is 2.03. The first kappa shape index (κ1) is 18.9. The number of unbranched alkanes of at least 4 members (excludes halogenated alkanes) is 1. The maximum atomic E-state index is 5.76. The Morgan fingerprint density at radius 3 is 2.15 bits per heavy atom. The van der Waals surface area contributed by atoms with Crippen molar-refractivity contribution in [3.8, 4) is 22.9 Å². The molecule has 1 aromatic heterocycles. The van der Waals surface area contributed by atoms with E-state index in [1.54, 1.807) is 12.4 Å². The van der Waals surface area contributed by atoms with E-state index in [2.05, 4.69) is 41.2 Å². The lowest BCUT2D eigenvalue weighted by Gasteiger charge is -2.08. The van der Waals surface area contributed by atoms with Crippen LogP contribution in [0.3, 0.4) is 0 Å². The molecule has 4 nitrogen and oxygen atoms in total. The molecule has 1 heterocycles. The number of benzene rings is 2. The standard InChI is InChI=1S/C23H26N2O2/c1-3-5-6-18-7-9-19(10-8-18)17-27-23-16-24-22(15-25-23)20-11-13-21(14-12-20)26-4-2/h7-16H,3-6,17H2,1-2H3. The van der Waals surface area contributed by atoms with Crippen LogP contribution >= 0.6 is 0 Å². The number of ether oxygens (including phenoxy) is 2. The third kappa shape index (κ3) is 5.55. The van der Waals surface area contributed by atoms with E-state index in [1.165, 1.54) is 18.4 Å². The van der Waals surface area contributed by atoms with Crippen molar-refractivity contribution in [3.05, 3.63) is 72.1 Å². The summed E-state index contributed by atoms with van der Waals surface area (Å²) in [6.45, 7) is 5.33. The Kier molecular flexibility index (Phi) is 6.80. The van der Waals surface area contributed by atoms with Gasteiger partial charge in [-0.05, 0) is 55.2 Å². The molecule has 3 aromatic rings. The van der Waals surface area contributed by atoms with Crippen molar-refractivity contribution in [1.29, 1.82) is 0 Å². The Bertz CT molecular complexity index is 813. The zero-order valence-corrected chi connectivity index (χ0v) is 16.0. The zero-order chi connectivity index (χ0) is 18.9. The summed E-state index contributed by atoms with van der Waals surface area (Å²) in [4.78, 5) is 8.83. The molecule has 0 saturated carbocycles. The van der Waals surface area contributed by atoms with Crippen LogP contribution in [0.5, 0.6) is 11.6 Å². The maximum absolute atomic E-state index is 5.76. The predicted molar refractivity (Wildman–Crippen MR) is 108 cm³/mol. The predicted octanol–water partition coefficient (Wildman–Crippen LogP) is 5.46. The molecule has 0 atom stereocenters. The Morgan fingerprint density at radius 2 is 1.52 bits per heavy atom. The van der Waals surface area contributed by atoms with Crippen molar-refractivity contribution in [2.24, 2.45) is 0 Å². The number of aromatic nitrogens is 2. The fourth-order valence-electron chi connectivity index (χ4n) is 2.77. The summed E-state index contributed by atoms with van der Waals surface area (Å²) in [6, 6.07) is 16.4. The normalized spacial score (nSPS) is 10.6. The van der Waals surface area contributed by atoms with Gasteiger partial charge in [-0.25, -0.2) is 9.97 Å². The van der Waals surface area contributed by atoms with Crippen LogP contribution in [0.25, 0.3) is 11.3 Å². The minimum Gasteiger partial charge on any atom is -0.494 e. The van der Waals surface area contributed by atoms with E-state index in [1.807, 2.05) is 31.2 Å². The Morgan fingerprint density at radius 1 is 0.778 bits per heavy atom. The van der Waals surface area contributed by atoms with Crippen molar-refractivity contribution in [3.63, 3.8) is 0 Å². The van der Waals surface area contributed by atoms with Crippen LogP contribution in [0.2, 0.25) is 0 Å². The molecule has 140 valence electrons. The number of hydrogen-bond acceptors (Lipinski definition) is 4. The van der Waals surface area contributed by atoms with Crippen molar-refractivity contribution >= 4 is 0 Å². The van der Waals surface area contributed by atoms with E-state index in [0.29, 0.717) is 19.1 Å². The lowest BCUT2D eigenvalue weighted by atomic mass is 10.1. The summed E-state index contributed by atoms with van der Waals surface area (Å²) < 4.78 is 11.2. The minimum atomic E-state index is 0.491. The third-order valence-corrected chi connectivity index (χ3v) is 4.32. The summed E-state index contributed by atoms with van der Waals surface area (Å²) in [6.07, 6.45) is 6.98. The lowest BCUT2D eigenvalue weighted by Crippen LogP contribution is -1.98. The topological polar surface area (TPSA) is 44.2 Å². The van der Waals surface area contributed by atoms with Crippen LogP contribution in [0.15, 0.2) is 60.9 Å². The molecule has 0 fully saturated rings. The van der Waals surface area contributed by atoms with Crippen LogP contribution in [0, 0.1) is 0 Å². The Labute approximate surface area is 161 Å². The fourth-order valence-corrected chi connectivity index (χ4v) is 2.77. The fraction of sp³-hybridized carbons (Fsp3) is 0.304. The highest BCUT2D eigenvalue weighted by molar-refractivity contribution is 5.59. The van der Waals surface area contributed by atoms with Crippen LogP contribution in [0.4, 0.5) is 0 Å². The van der Waals surface area contributed by atoms with Gasteiger partial charge in [-0.3, -0.25) is 0 Å². The molecule has 0 saturated heterocycles. The summed E-state index contributed by atoms with van der Waals surface area (Å²) in [5.74, 6) is 1.38. The van der Waals surface area contributed by atoms with Crippen molar-refractivity contribution in [2.45, 2.75) is 39.7 Å². The van der Waals surface area contributed by atoms with E-state index in [0.717, 1.165) is 29.0 Å². The Hall–Kier alpha value is -2.88. The first-order chi connectivity index (χ1) is 13.3. The highest BCUT2D eigenvalue weighted by atomic mass is 16.5.